The molecule has 9 heteroatoms. The van der Waals surface area contributed by atoms with Gasteiger partial charge in [0.2, 0.25) is 4.77 Å². The minimum Gasteiger partial charge on any atom is -0.493 e. The van der Waals surface area contributed by atoms with Crippen molar-refractivity contribution in [3.8, 4) is 22.9 Å². The minimum atomic E-state index is -0.980. The van der Waals surface area contributed by atoms with Gasteiger partial charge in [0, 0.05) is 5.56 Å². The summed E-state index contributed by atoms with van der Waals surface area (Å²) in [6.07, 6.45) is 1.57. The van der Waals surface area contributed by atoms with Gasteiger partial charge in [-0.05, 0) is 48.1 Å². The molecule has 3 aromatic rings. The zero-order valence-corrected chi connectivity index (χ0v) is 15.4. The molecular formula is C18H16N4O4S. The number of nitrogens with zero attached hydrogens (tertiary/aromatic N) is 3. The third-order valence-corrected chi connectivity index (χ3v) is 4.04. The Bertz CT molecular complexity index is 1050. The number of H-pyrrole nitrogens is 1. The van der Waals surface area contributed by atoms with Crippen LogP contribution in [-0.2, 0) is 0 Å². The van der Waals surface area contributed by atoms with Gasteiger partial charge in [-0.1, -0.05) is 12.1 Å². The average Bonchev–Trinajstić information content (AvgIpc) is 3.06. The largest absolute Gasteiger partial charge is 0.493 e. The maximum absolute atomic E-state index is 10.9. The molecule has 0 aliphatic carbocycles. The first-order chi connectivity index (χ1) is 13.0. The molecule has 0 saturated heterocycles. The van der Waals surface area contributed by atoms with E-state index in [0.29, 0.717) is 22.1 Å². The summed E-state index contributed by atoms with van der Waals surface area (Å²) in [4.78, 5) is 10.9. The van der Waals surface area contributed by atoms with Crippen LogP contribution in [0.3, 0.4) is 0 Å². The number of hydrogen-bond donors (Lipinski definition) is 2. The quantitative estimate of drug-likeness (QED) is 0.500. The van der Waals surface area contributed by atoms with E-state index in [1.165, 1.54) is 16.8 Å². The Balaban J connectivity index is 1.95. The lowest BCUT2D eigenvalue weighted by molar-refractivity contribution is 0.0697. The summed E-state index contributed by atoms with van der Waals surface area (Å²) in [5, 5.41) is 20.2. The van der Waals surface area contributed by atoms with Crippen molar-refractivity contribution >= 4 is 24.4 Å². The van der Waals surface area contributed by atoms with E-state index in [4.69, 9.17) is 26.8 Å². The second kappa shape index (κ2) is 7.83. The van der Waals surface area contributed by atoms with E-state index in [1.807, 2.05) is 6.07 Å². The molecule has 1 heterocycles. The van der Waals surface area contributed by atoms with Crippen molar-refractivity contribution in [1.82, 2.24) is 14.9 Å². The minimum absolute atomic E-state index is 0.207. The van der Waals surface area contributed by atoms with Crippen molar-refractivity contribution < 1.29 is 19.4 Å². The Hall–Kier alpha value is -3.46. The van der Waals surface area contributed by atoms with Crippen LogP contribution < -0.4 is 9.47 Å². The highest BCUT2D eigenvalue weighted by atomic mass is 32.1. The number of methoxy groups -OCH3 is 2. The number of carboxylic acid groups (broad SMARTS) is 1. The van der Waals surface area contributed by atoms with Gasteiger partial charge in [-0.15, -0.1) is 0 Å². The normalized spacial score (nSPS) is 10.9. The lowest BCUT2D eigenvalue weighted by Gasteiger charge is -2.09. The summed E-state index contributed by atoms with van der Waals surface area (Å²) in [5.74, 6) is 0.679. The maximum atomic E-state index is 10.9. The van der Waals surface area contributed by atoms with Crippen LogP contribution in [-0.4, -0.2) is 46.4 Å². The van der Waals surface area contributed by atoms with Crippen LogP contribution in [0.4, 0.5) is 0 Å². The summed E-state index contributed by atoms with van der Waals surface area (Å²) in [5.41, 5.74) is 1.66. The number of ether oxygens (including phenoxy) is 2. The molecule has 0 bridgehead atoms. The molecule has 138 valence electrons. The molecule has 0 aliphatic rings. The maximum Gasteiger partial charge on any atom is 0.335 e. The van der Waals surface area contributed by atoms with E-state index in [-0.39, 0.29) is 5.56 Å². The number of carbonyl (C=O) groups is 1. The number of aromatic amines is 1. The standard InChI is InChI=1S/C18H16N4O4S/c1-25-14-8-7-13(9-15(14)26-2)16-20-21-18(27)22(16)19-10-11-3-5-12(6-4-11)17(23)24/h3-10H,1-2H3,(H,21,27)(H,23,24)/b19-10+. The second-order valence-electron chi connectivity index (χ2n) is 5.41. The van der Waals surface area contributed by atoms with Crippen molar-refractivity contribution in [2.75, 3.05) is 14.2 Å². The Morgan fingerprint density at radius 3 is 2.52 bits per heavy atom. The first-order valence-electron chi connectivity index (χ1n) is 7.81. The van der Waals surface area contributed by atoms with Gasteiger partial charge >= 0.3 is 5.97 Å². The molecule has 0 atom stereocenters. The van der Waals surface area contributed by atoms with Gasteiger partial charge in [0.05, 0.1) is 26.0 Å². The molecule has 27 heavy (non-hydrogen) atoms. The Morgan fingerprint density at radius 1 is 1.19 bits per heavy atom. The fourth-order valence-electron chi connectivity index (χ4n) is 2.40. The average molecular weight is 384 g/mol. The number of hydrogen-bond acceptors (Lipinski definition) is 6. The van der Waals surface area contributed by atoms with Crippen LogP contribution in [0.1, 0.15) is 15.9 Å². The summed E-state index contributed by atoms with van der Waals surface area (Å²) in [6, 6.07) is 11.7. The van der Waals surface area contributed by atoms with E-state index in [0.717, 1.165) is 11.1 Å². The smallest absolute Gasteiger partial charge is 0.335 e. The van der Waals surface area contributed by atoms with Crippen molar-refractivity contribution in [3.05, 3.63) is 58.4 Å². The number of aromatic carboxylic acids is 1. The van der Waals surface area contributed by atoms with Crippen LogP contribution in [0.25, 0.3) is 11.4 Å². The summed E-state index contributed by atoms with van der Waals surface area (Å²) < 4.78 is 12.4. The van der Waals surface area contributed by atoms with Gasteiger partial charge in [0.1, 0.15) is 0 Å². The first-order valence-corrected chi connectivity index (χ1v) is 8.22. The number of carboxylic acids is 1. The number of rotatable bonds is 6. The monoisotopic (exact) mass is 384 g/mol. The van der Waals surface area contributed by atoms with E-state index in [1.54, 1.807) is 44.7 Å². The Morgan fingerprint density at radius 2 is 1.89 bits per heavy atom. The molecule has 0 aliphatic heterocycles. The molecule has 0 radical (unpaired) electrons. The van der Waals surface area contributed by atoms with Crippen LogP contribution in [0.5, 0.6) is 11.5 Å². The van der Waals surface area contributed by atoms with Gasteiger partial charge < -0.3 is 14.6 Å². The summed E-state index contributed by atoms with van der Waals surface area (Å²) >= 11 is 5.25. The Labute approximate surface area is 159 Å². The molecule has 3 rings (SSSR count). The molecule has 2 aromatic carbocycles. The highest BCUT2D eigenvalue weighted by Gasteiger charge is 2.12. The molecule has 1 aromatic heterocycles. The molecular weight excluding hydrogens is 368 g/mol. The molecule has 0 fully saturated rings. The lowest BCUT2D eigenvalue weighted by atomic mass is 10.1. The van der Waals surface area contributed by atoms with Gasteiger partial charge in [0.15, 0.2) is 17.3 Å². The highest BCUT2D eigenvalue weighted by molar-refractivity contribution is 7.71. The van der Waals surface area contributed by atoms with E-state index in [9.17, 15) is 4.79 Å². The predicted molar refractivity (Wildman–Crippen MR) is 102 cm³/mol. The second-order valence-corrected chi connectivity index (χ2v) is 5.79. The topological polar surface area (TPSA) is 102 Å². The zero-order chi connectivity index (χ0) is 19.4. The van der Waals surface area contributed by atoms with E-state index in [2.05, 4.69) is 15.3 Å². The van der Waals surface area contributed by atoms with E-state index < -0.39 is 5.97 Å². The molecule has 0 unspecified atom stereocenters. The van der Waals surface area contributed by atoms with Gasteiger partial charge in [-0.2, -0.15) is 14.9 Å². The molecule has 0 saturated carbocycles. The zero-order valence-electron chi connectivity index (χ0n) is 14.5. The van der Waals surface area contributed by atoms with Gasteiger partial charge in [0.25, 0.3) is 0 Å². The van der Waals surface area contributed by atoms with Crippen molar-refractivity contribution in [1.29, 1.82) is 0 Å². The highest BCUT2D eigenvalue weighted by Crippen LogP contribution is 2.31. The summed E-state index contributed by atoms with van der Waals surface area (Å²) in [6.45, 7) is 0. The molecule has 8 nitrogen and oxygen atoms in total. The molecule has 0 amide bonds. The van der Waals surface area contributed by atoms with E-state index >= 15 is 0 Å². The first kappa shape index (κ1) is 18.3. The SMILES string of the molecule is COc1ccc(-c2n[nH]c(=S)n2/N=C/c2ccc(C(=O)O)cc2)cc1OC. The van der Waals surface area contributed by atoms with Gasteiger partial charge in [-0.3, -0.25) is 0 Å². The van der Waals surface area contributed by atoms with Crippen LogP contribution in [0.2, 0.25) is 0 Å². The third-order valence-electron chi connectivity index (χ3n) is 3.77. The van der Waals surface area contributed by atoms with Crippen molar-refractivity contribution in [3.63, 3.8) is 0 Å². The van der Waals surface area contributed by atoms with Crippen LogP contribution in [0, 0.1) is 4.77 Å². The predicted octanol–water partition coefficient (Wildman–Crippen LogP) is 3.21. The fourth-order valence-corrected chi connectivity index (χ4v) is 2.58. The molecule has 0 spiro atoms. The van der Waals surface area contributed by atoms with Crippen LogP contribution >= 0.6 is 12.2 Å². The number of nitrogens with one attached hydrogen (secondary N) is 1. The van der Waals surface area contributed by atoms with Crippen LogP contribution in [0.15, 0.2) is 47.6 Å². The van der Waals surface area contributed by atoms with Crippen molar-refractivity contribution in [2.45, 2.75) is 0 Å². The Kier molecular flexibility index (Phi) is 5.32. The fraction of sp³-hybridized carbons (Fsp3) is 0.111. The van der Waals surface area contributed by atoms with Gasteiger partial charge in [-0.25, -0.2) is 9.89 Å². The van der Waals surface area contributed by atoms with Crippen molar-refractivity contribution in [2.24, 2.45) is 5.10 Å². The number of benzene rings is 2. The lowest BCUT2D eigenvalue weighted by Crippen LogP contribution is -1.98. The number of aromatic nitrogens is 3. The molecule has 2 N–H and O–H groups in total. The third kappa shape index (κ3) is 3.87. The summed E-state index contributed by atoms with van der Waals surface area (Å²) in [7, 11) is 3.12.